The van der Waals surface area contributed by atoms with Crippen LogP contribution < -0.4 is 0 Å². The molecule has 1 unspecified atom stereocenters. The number of hydrogen-bond donors (Lipinski definition) is 2. The van der Waals surface area contributed by atoms with Gasteiger partial charge in [0.2, 0.25) is 5.78 Å². The highest BCUT2D eigenvalue weighted by Gasteiger charge is 2.44. The van der Waals surface area contributed by atoms with Gasteiger partial charge in [-0.05, 0) is 31.5 Å². The number of aromatic nitrogens is 1. The zero-order chi connectivity index (χ0) is 22.1. The number of ether oxygens (including phenoxy) is 1. The van der Waals surface area contributed by atoms with Gasteiger partial charge in [-0.15, -0.1) is 11.3 Å². The lowest BCUT2D eigenvalue weighted by molar-refractivity contribution is -0.129. The molecular formula is C22H25N3O5S. The summed E-state index contributed by atoms with van der Waals surface area (Å²) in [4.78, 5) is 34.9. The Morgan fingerprint density at radius 3 is 2.45 bits per heavy atom. The molecule has 1 fully saturated rings. The molecule has 2 aromatic rings. The molecule has 2 aliphatic heterocycles. The third-order valence-corrected chi connectivity index (χ3v) is 6.70. The van der Waals surface area contributed by atoms with E-state index in [1.54, 1.807) is 19.1 Å². The van der Waals surface area contributed by atoms with Crippen molar-refractivity contribution in [2.45, 2.75) is 19.9 Å². The number of phenols is 1. The highest BCUT2D eigenvalue weighted by Crippen LogP contribution is 2.40. The normalized spacial score (nSPS) is 20.0. The Balaban J connectivity index is 1.69. The van der Waals surface area contributed by atoms with Gasteiger partial charge in [0, 0.05) is 26.2 Å². The van der Waals surface area contributed by atoms with E-state index in [2.05, 4.69) is 9.88 Å². The van der Waals surface area contributed by atoms with Crippen LogP contribution in [0.3, 0.4) is 0 Å². The largest absolute Gasteiger partial charge is 0.508 e. The SMILES string of the molecule is Cc1nc(C)c(C(=O)C2=C(O)C(=O)N(CCN3CCOCC3)C2c2ccc(O)cc2)s1. The standard InChI is InChI=1S/C22H25N3O5S/c1-13-21(31-14(2)23-13)19(27)17-18(15-3-5-16(26)6-4-15)25(22(29)20(17)28)8-7-24-9-11-30-12-10-24/h3-6,18,26,28H,7-12H2,1-2H3. The number of aliphatic hydroxyl groups is 1. The van der Waals surface area contributed by atoms with Crippen molar-refractivity contribution in [3.63, 3.8) is 0 Å². The molecule has 164 valence electrons. The molecule has 3 heterocycles. The molecule has 2 aliphatic rings. The average Bonchev–Trinajstić information content (AvgIpc) is 3.23. The second kappa shape index (κ2) is 8.78. The van der Waals surface area contributed by atoms with Gasteiger partial charge in [-0.2, -0.15) is 0 Å². The fraction of sp³-hybridized carbons (Fsp3) is 0.409. The van der Waals surface area contributed by atoms with Gasteiger partial charge in [-0.3, -0.25) is 14.5 Å². The van der Waals surface area contributed by atoms with Crippen LogP contribution in [0.1, 0.15) is 32.0 Å². The minimum atomic E-state index is -0.733. The molecule has 0 saturated carbocycles. The molecule has 1 saturated heterocycles. The smallest absolute Gasteiger partial charge is 0.290 e. The number of carbonyl (C=O) groups excluding carboxylic acids is 2. The van der Waals surface area contributed by atoms with Crippen LogP contribution in [0.2, 0.25) is 0 Å². The predicted octanol–water partition coefficient (Wildman–Crippen LogP) is 2.38. The molecule has 1 aromatic heterocycles. The first-order valence-electron chi connectivity index (χ1n) is 10.2. The van der Waals surface area contributed by atoms with Gasteiger partial charge in [0.05, 0.1) is 40.4 Å². The summed E-state index contributed by atoms with van der Waals surface area (Å²) in [6, 6.07) is 5.64. The summed E-state index contributed by atoms with van der Waals surface area (Å²) in [7, 11) is 0. The van der Waals surface area contributed by atoms with E-state index in [0.717, 1.165) is 18.1 Å². The maximum atomic E-state index is 13.4. The van der Waals surface area contributed by atoms with Crippen LogP contribution in [0, 0.1) is 13.8 Å². The van der Waals surface area contributed by atoms with E-state index >= 15 is 0 Å². The van der Waals surface area contributed by atoms with E-state index < -0.39 is 17.7 Å². The van der Waals surface area contributed by atoms with E-state index in [1.165, 1.54) is 28.4 Å². The van der Waals surface area contributed by atoms with Gasteiger partial charge in [0.25, 0.3) is 5.91 Å². The lowest BCUT2D eigenvalue weighted by atomic mass is 9.95. The van der Waals surface area contributed by atoms with Crippen LogP contribution in [-0.2, 0) is 9.53 Å². The molecule has 0 radical (unpaired) electrons. The number of amides is 1. The number of aliphatic hydroxyl groups excluding tert-OH is 1. The minimum Gasteiger partial charge on any atom is -0.508 e. The zero-order valence-corrected chi connectivity index (χ0v) is 18.3. The molecule has 9 heteroatoms. The molecule has 0 aliphatic carbocycles. The number of hydrogen-bond acceptors (Lipinski definition) is 8. The molecule has 31 heavy (non-hydrogen) atoms. The maximum absolute atomic E-state index is 13.4. The van der Waals surface area contributed by atoms with Crippen molar-refractivity contribution in [3.05, 3.63) is 56.7 Å². The van der Waals surface area contributed by atoms with E-state index in [-0.39, 0.29) is 17.1 Å². The first kappa shape index (κ1) is 21.5. The quantitative estimate of drug-likeness (QED) is 0.661. The lowest BCUT2D eigenvalue weighted by Crippen LogP contribution is -2.43. The number of benzene rings is 1. The van der Waals surface area contributed by atoms with Crippen LogP contribution in [0.5, 0.6) is 5.75 Å². The van der Waals surface area contributed by atoms with Crippen molar-refractivity contribution < 1.29 is 24.5 Å². The molecular weight excluding hydrogens is 418 g/mol. The summed E-state index contributed by atoms with van der Waals surface area (Å²) >= 11 is 1.25. The number of rotatable bonds is 6. The summed E-state index contributed by atoms with van der Waals surface area (Å²) in [5.74, 6) is -1.38. The summed E-state index contributed by atoms with van der Waals surface area (Å²) in [5, 5.41) is 21.2. The van der Waals surface area contributed by atoms with Crippen molar-refractivity contribution >= 4 is 23.0 Å². The highest BCUT2D eigenvalue weighted by atomic mass is 32.1. The van der Waals surface area contributed by atoms with Gasteiger partial charge in [-0.25, -0.2) is 4.98 Å². The number of aryl methyl sites for hydroxylation is 2. The predicted molar refractivity (Wildman–Crippen MR) is 115 cm³/mol. The number of Topliss-reactive ketones (excluding diaryl/α,β-unsaturated/α-hetero) is 1. The van der Waals surface area contributed by atoms with Gasteiger partial charge in [-0.1, -0.05) is 12.1 Å². The maximum Gasteiger partial charge on any atom is 0.290 e. The minimum absolute atomic E-state index is 0.0596. The van der Waals surface area contributed by atoms with Gasteiger partial charge >= 0.3 is 0 Å². The van der Waals surface area contributed by atoms with E-state index in [9.17, 15) is 19.8 Å². The highest BCUT2D eigenvalue weighted by molar-refractivity contribution is 7.14. The fourth-order valence-corrected chi connectivity index (χ4v) is 4.93. The Bertz CT molecular complexity index is 1020. The summed E-state index contributed by atoms with van der Waals surface area (Å²) in [5.41, 5.74) is 1.29. The Labute approximate surface area is 184 Å². The number of carbonyl (C=O) groups is 2. The molecule has 0 bridgehead atoms. The summed E-state index contributed by atoms with van der Waals surface area (Å²) in [6.45, 7) is 7.36. The van der Waals surface area contributed by atoms with Crippen LogP contribution in [0.25, 0.3) is 0 Å². The molecule has 1 atom stereocenters. The zero-order valence-electron chi connectivity index (χ0n) is 17.5. The van der Waals surface area contributed by atoms with E-state index in [0.29, 0.717) is 42.4 Å². The van der Waals surface area contributed by atoms with Crippen LogP contribution in [-0.4, -0.2) is 76.1 Å². The Kier molecular flexibility index (Phi) is 6.08. The molecule has 0 spiro atoms. The number of morpholine rings is 1. The Morgan fingerprint density at radius 2 is 1.84 bits per heavy atom. The Hall–Kier alpha value is -2.75. The second-order valence-electron chi connectivity index (χ2n) is 7.69. The van der Waals surface area contributed by atoms with Crippen LogP contribution in [0.4, 0.5) is 0 Å². The third kappa shape index (κ3) is 4.21. The molecule has 8 nitrogen and oxygen atoms in total. The van der Waals surface area contributed by atoms with E-state index in [4.69, 9.17) is 4.74 Å². The van der Waals surface area contributed by atoms with Gasteiger partial charge in [0.1, 0.15) is 5.75 Å². The molecule has 4 rings (SSSR count). The molecule has 1 amide bonds. The molecule has 1 aromatic carbocycles. The fourth-order valence-electron chi connectivity index (χ4n) is 4.06. The van der Waals surface area contributed by atoms with Crippen molar-refractivity contribution in [2.24, 2.45) is 0 Å². The number of aromatic hydroxyl groups is 1. The number of thiazole rings is 1. The monoisotopic (exact) mass is 443 g/mol. The van der Waals surface area contributed by atoms with Crippen molar-refractivity contribution in [1.82, 2.24) is 14.8 Å². The Morgan fingerprint density at radius 1 is 1.16 bits per heavy atom. The van der Waals surface area contributed by atoms with Crippen molar-refractivity contribution in [3.8, 4) is 5.75 Å². The van der Waals surface area contributed by atoms with Crippen LogP contribution in [0.15, 0.2) is 35.6 Å². The topological polar surface area (TPSA) is 103 Å². The van der Waals surface area contributed by atoms with Gasteiger partial charge in [0.15, 0.2) is 5.76 Å². The summed E-state index contributed by atoms with van der Waals surface area (Å²) in [6.07, 6.45) is 0. The van der Waals surface area contributed by atoms with Crippen molar-refractivity contribution in [1.29, 1.82) is 0 Å². The third-order valence-electron chi connectivity index (χ3n) is 5.63. The number of phenolic OH excluding ortho intramolecular Hbond substituents is 1. The summed E-state index contributed by atoms with van der Waals surface area (Å²) < 4.78 is 5.38. The van der Waals surface area contributed by atoms with Crippen LogP contribution >= 0.6 is 11.3 Å². The molecule has 2 N–H and O–H groups in total. The number of nitrogens with zero attached hydrogens (tertiary/aromatic N) is 3. The van der Waals surface area contributed by atoms with Gasteiger partial charge < -0.3 is 19.8 Å². The van der Waals surface area contributed by atoms with E-state index in [1.807, 2.05) is 6.92 Å². The lowest BCUT2D eigenvalue weighted by Gasteiger charge is -2.31. The second-order valence-corrected chi connectivity index (χ2v) is 8.89. The average molecular weight is 444 g/mol. The first-order valence-corrected chi connectivity index (χ1v) is 11.0. The van der Waals surface area contributed by atoms with Crippen molar-refractivity contribution in [2.75, 3.05) is 39.4 Å². The first-order chi connectivity index (χ1) is 14.9. The number of ketones is 1.